The summed E-state index contributed by atoms with van der Waals surface area (Å²) in [5, 5.41) is 4.18. The van der Waals surface area contributed by atoms with Gasteiger partial charge in [0.2, 0.25) is 0 Å². The topological polar surface area (TPSA) is 56.7 Å². The second-order valence-electron chi connectivity index (χ2n) is 4.04. The summed E-state index contributed by atoms with van der Waals surface area (Å²) in [5.41, 5.74) is 7.12. The van der Waals surface area contributed by atoms with Crippen LogP contribution in [0.5, 0.6) is 0 Å². The SMILES string of the molecule is CCn1ncnc1CC(CN)c1ccccc1. The van der Waals surface area contributed by atoms with Crippen molar-refractivity contribution in [2.24, 2.45) is 5.73 Å². The summed E-state index contributed by atoms with van der Waals surface area (Å²) < 4.78 is 1.92. The van der Waals surface area contributed by atoms with Crippen LogP contribution in [0, 0.1) is 0 Å². The molecule has 0 aliphatic heterocycles. The van der Waals surface area contributed by atoms with Crippen molar-refractivity contribution in [3.05, 3.63) is 48.0 Å². The first-order chi connectivity index (χ1) is 8.35. The standard InChI is InChI=1S/C13H18N4/c1-2-17-13(15-10-16-17)8-12(9-14)11-6-4-3-5-7-11/h3-7,10,12H,2,8-9,14H2,1H3. The zero-order valence-electron chi connectivity index (χ0n) is 10.1. The van der Waals surface area contributed by atoms with Crippen molar-refractivity contribution in [3.63, 3.8) is 0 Å². The van der Waals surface area contributed by atoms with E-state index in [0.29, 0.717) is 12.5 Å². The zero-order valence-corrected chi connectivity index (χ0v) is 10.1. The number of benzene rings is 1. The van der Waals surface area contributed by atoms with Gasteiger partial charge in [0.05, 0.1) is 0 Å². The quantitative estimate of drug-likeness (QED) is 0.848. The lowest BCUT2D eigenvalue weighted by molar-refractivity contribution is 0.576. The Bertz CT molecular complexity index is 449. The minimum atomic E-state index is 0.311. The van der Waals surface area contributed by atoms with Crippen LogP contribution in [0.15, 0.2) is 36.7 Å². The van der Waals surface area contributed by atoms with Crippen molar-refractivity contribution < 1.29 is 0 Å². The number of rotatable bonds is 5. The maximum Gasteiger partial charge on any atom is 0.138 e. The molecular weight excluding hydrogens is 212 g/mol. The average molecular weight is 230 g/mol. The number of aromatic nitrogens is 3. The van der Waals surface area contributed by atoms with Gasteiger partial charge in [-0.15, -0.1) is 0 Å². The Kier molecular flexibility index (Phi) is 3.88. The second kappa shape index (κ2) is 5.59. The molecule has 90 valence electrons. The molecule has 0 spiro atoms. The van der Waals surface area contributed by atoms with E-state index in [-0.39, 0.29) is 0 Å². The summed E-state index contributed by atoms with van der Waals surface area (Å²) in [5.74, 6) is 1.32. The van der Waals surface area contributed by atoms with Gasteiger partial charge in [-0.1, -0.05) is 30.3 Å². The molecule has 0 bridgehead atoms. The van der Waals surface area contributed by atoms with Crippen molar-refractivity contribution >= 4 is 0 Å². The molecule has 2 N–H and O–H groups in total. The largest absolute Gasteiger partial charge is 0.330 e. The zero-order chi connectivity index (χ0) is 12.1. The highest BCUT2D eigenvalue weighted by Crippen LogP contribution is 2.18. The van der Waals surface area contributed by atoms with E-state index in [1.807, 2.05) is 22.9 Å². The number of nitrogens with two attached hydrogens (primary N) is 1. The monoisotopic (exact) mass is 230 g/mol. The van der Waals surface area contributed by atoms with Gasteiger partial charge in [-0.05, 0) is 19.0 Å². The number of hydrogen-bond donors (Lipinski definition) is 1. The van der Waals surface area contributed by atoms with Gasteiger partial charge >= 0.3 is 0 Å². The third-order valence-electron chi connectivity index (χ3n) is 2.98. The van der Waals surface area contributed by atoms with Crippen LogP contribution in [0.2, 0.25) is 0 Å². The van der Waals surface area contributed by atoms with Gasteiger partial charge in [0, 0.05) is 18.9 Å². The van der Waals surface area contributed by atoms with Crippen molar-refractivity contribution in [2.45, 2.75) is 25.8 Å². The molecule has 4 nitrogen and oxygen atoms in total. The van der Waals surface area contributed by atoms with Gasteiger partial charge in [0.25, 0.3) is 0 Å². The molecule has 2 aromatic rings. The lowest BCUT2D eigenvalue weighted by Gasteiger charge is -2.14. The van der Waals surface area contributed by atoms with E-state index in [0.717, 1.165) is 18.8 Å². The molecule has 0 saturated carbocycles. The molecule has 4 heteroatoms. The molecule has 1 heterocycles. The molecule has 17 heavy (non-hydrogen) atoms. The van der Waals surface area contributed by atoms with Crippen LogP contribution in [-0.2, 0) is 13.0 Å². The highest BCUT2D eigenvalue weighted by atomic mass is 15.3. The van der Waals surface area contributed by atoms with Crippen molar-refractivity contribution in [1.82, 2.24) is 14.8 Å². The van der Waals surface area contributed by atoms with Crippen LogP contribution in [0.1, 0.15) is 24.2 Å². The molecule has 0 radical (unpaired) electrons. The molecular formula is C13H18N4. The highest BCUT2D eigenvalue weighted by Gasteiger charge is 2.13. The molecule has 0 fully saturated rings. The molecule has 0 saturated heterocycles. The molecule has 1 aromatic heterocycles. The Balaban J connectivity index is 2.16. The normalized spacial score (nSPS) is 12.6. The summed E-state index contributed by atoms with van der Waals surface area (Å²) in [7, 11) is 0. The minimum Gasteiger partial charge on any atom is -0.330 e. The van der Waals surface area contributed by atoms with Gasteiger partial charge in [-0.25, -0.2) is 4.98 Å². The third-order valence-corrected chi connectivity index (χ3v) is 2.98. The lowest BCUT2D eigenvalue weighted by atomic mass is 9.95. The van der Waals surface area contributed by atoms with Crippen molar-refractivity contribution in [3.8, 4) is 0 Å². The van der Waals surface area contributed by atoms with Crippen LogP contribution in [-0.4, -0.2) is 21.3 Å². The smallest absolute Gasteiger partial charge is 0.138 e. The Morgan fingerprint density at radius 3 is 2.71 bits per heavy atom. The van der Waals surface area contributed by atoms with E-state index >= 15 is 0 Å². The molecule has 1 aromatic carbocycles. The van der Waals surface area contributed by atoms with E-state index in [9.17, 15) is 0 Å². The van der Waals surface area contributed by atoms with Crippen LogP contribution in [0.4, 0.5) is 0 Å². The van der Waals surface area contributed by atoms with Crippen LogP contribution >= 0.6 is 0 Å². The summed E-state index contributed by atoms with van der Waals surface area (Å²) in [6.45, 7) is 3.54. The van der Waals surface area contributed by atoms with Gasteiger partial charge < -0.3 is 5.73 Å². The highest BCUT2D eigenvalue weighted by molar-refractivity contribution is 5.21. The molecule has 1 atom stereocenters. The molecule has 0 aliphatic carbocycles. The summed E-state index contributed by atoms with van der Waals surface area (Å²) in [6, 6.07) is 10.3. The van der Waals surface area contributed by atoms with Crippen LogP contribution in [0.3, 0.4) is 0 Å². The Morgan fingerprint density at radius 1 is 1.29 bits per heavy atom. The summed E-state index contributed by atoms with van der Waals surface area (Å²) >= 11 is 0. The molecule has 0 amide bonds. The second-order valence-corrected chi connectivity index (χ2v) is 4.04. The van der Waals surface area contributed by atoms with Crippen LogP contribution < -0.4 is 5.73 Å². The Labute approximate surface area is 101 Å². The fourth-order valence-corrected chi connectivity index (χ4v) is 1.99. The summed E-state index contributed by atoms with van der Waals surface area (Å²) in [4.78, 5) is 4.30. The number of aryl methyl sites for hydroxylation is 1. The average Bonchev–Trinajstić information content (AvgIpc) is 2.84. The van der Waals surface area contributed by atoms with Crippen LogP contribution in [0.25, 0.3) is 0 Å². The van der Waals surface area contributed by atoms with Gasteiger partial charge in [-0.3, -0.25) is 4.68 Å². The first-order valence-corrected chi connectivity index (χ1v) is 5.96. The predicted octanol–water partition coefficient (Wildman–Crippen LogP) is 1.58. The lowest BCUT2D eigenvalue weighted by Crippen LogP contribution is -2.17. The molecule has 2 rings (SSSR count). The van der Waals surface area contributed by atoms with E-state index in [2.05, 4.69) is 29.1 Å². The van der Waals surface area contributed by atoms with Gasteiger partial charge in [-0.2, -0.15) is 5.10 Å². The maximum absolute atomic E-state index is 5.86. The number of hydrogen-bond acceptors (Lipinski definition) is 3. The third kappa shape index (κ3) is 2.71. The Morgan fingerprint density at radius 2 is 2.06 bits per heavy atom. The molecule has 1 unspecified atom stereocenters. The minimum absolute atomic E-state index is 0.311. The van der Waals surface area contributed by atoms with E-state index in [1.165, 1.54) is 5.56 Å². The fraction of sp³-hybridized carbons (Fsp3) is 0.385. The number of nitrogens with zero attached hydrogens (tertiary/aromatic N) is 3. The fourth-order valence-electron chi connectivity index (χ4n) is 1.99. The van der Waals surface area contributed by atoms with Crippen molar-refractivity contribution in [1.29, 1.82) is 0 Å². The van der Waals surface area contributed by atoms with Gasteiger partial charge in [0.1, 0.15) is 12.2 Å². The van der Waals surface area contributed by atoms with E-state index < -0.39 is 0 Å². The van der Waals surface area contributed by atoms with E-state index in [1.54, 1.807) is 6.33 Å². The van der Waals surface area contributed by atoms with Crippen molar-refractivity contribution in [2.75, 3.05) is 6.54 Å². The molecule has 0 aliphatic rings. The first kappa shape index (κ1) is 11.8. The van der Waals surface area contributed by atoms with E-state index in [4.69, 9.17) is 5.73 Å². The maximum atomic E-state index is 5.86. The summed E-state index contributed by atoms with van der Waals surface area (Å²) in [6.07, 6.45) is 2.45. The first-order valence-electron chi connectivity index (χ1n) is 5.96. The predicted molar refractivity (Wildman–Crippen MR) is 67.6 cm³/mol. The Hall–Kier alpha value is -1.68. The van der Waals surface area contributed by atoms with Gasteiger partial charge in [0.15, 0.2) is 0 Å².